The third kappa shape index (κ3) is 2.62. The molecule has 0 atom stereocenters. The van der Waals surface area contributed by atoms with E-state index < -0.39 is 11.8 Å². The maximum atomic E-state index is 13.2. The predicted molar refractivity (Wildman–Crippen MR) is 56.2 cm³/mol. The normalized spacial score (nSPS) is 9.44. The van der Waals surface area contributed by atoms with Crippen LogP contribution in [0.1, 0.15) is 17.3 Å². The molecule has 0 fully saturated rings. The van der Waals surface area contributed by atoms with Crippen LogP contribution in [0.15, 0.2) is 17.2 Å². The van der Waals surface area contributed by atoms with E-state index in [0.29, 0.717) is 0 Å². The molecule has 1 rings (SSSR count). The van der Waals surface area contributed by atoms with Crippen LogP contribution in [0.25, 0.3) is 10.4 Å². The molecule has 0 bridgehead atoms. The van der Waals surface area contributed by atoms with Crippen LogP contribution in [-0.2, 0) is 4.74 Å². The van der Waals surface area contributed by atoms with Gasteiger partial charge in [-0.2, -0.15) is 0 Å². The highest BCUT2D eigenvalue weighted by molar-refractivity contribution is 6.33. The van der Waals surface area contributed by atoms with Gasteiger partial charge in [-0.15, -0.1) is 0 Å². The van der Waals surface area contributed by atoms with Crippen LogP contribution < -0.4 is 0 Å². The Balaban J connectivity index is 3.24. The van der Waals surface area contributed by atoms with Crippen molar-refractivity contribution in [1.82, 2.24) is 0 Å². The lowest BCUT2D eigenvalue weighted by Crippen LogP contribution is -2.05. The monoisotopic (exact) mass is 243 g/mol. The number of ether oxygens (including phenoxy) is 1. The molecule has 5 nitrogen and oxygen atoms in total. The molecule has 1 aromatic rings. The van der Waals surface area contributed by atoms with Crippen molar-refractivity contribution in [3.05, 3.63) is 39.0 Å². The summed E-state index contributed by atoms with van der Waals surface area (Å²) in [5, 5.41) is 3.00. The van der Waals surface area contributed by atoms with Gasteiger partial charge in [0.1, 0.15) is 5.82 Å². The first-order valence-corrected chi connectivity index (χ1v) is 4.69. The van der Waals surface area contributed by atoms with E-state index in [1.807, 2.05) is 0 Å². The highest BCUT2D eigenvalue weighted by Gasteiger charge is 2.14. The van der Waals surface area contributed by atoms with Crippen molar-refractivity contribution in [1.29, 1.82) is 0 Å². The number of esters is 1. The number of benzene rings is 1. The summed E-state index contributed by atoms with van der Waals surface area (Å²) in [6, 6.07) is 1.95. The van der Waals surface area contributed by atoms with Gasteiger partial charge in [0.05, 0.1) is 22.9 Å². The molecule has 0 aliphatic heterocycles. The maximum Gasteiger partial charge on any atom is 0.339 e. The molecule has 84 valence electrons. The SMILES string of the molecule is CCOC(=O)c1cc(N=[N+]=[N-])c(F)cc1Cl. The molecule has 0 radical (unpaired) electrons. The number of hydrogen-bond donors (Lipinski definition) is 0. The lowest BCUT2D eigenvalue weighted by Gasteiger charge is -2.05. The molecule has 0 unspecified atom stereocenters. The minimum absolute atomic E-state index is 0.0349. The summed E-state index contributed by atoms with van der Waals surface area (Å²) in [6.07, 6.45) is 0. The minimum Gasteiger partial charge on any atom is -0.462 e. The first-order valence-electron chi connectivity index (χ1n) is 4.31. The fourth-order valence-corrected chi connectivity index (χ4v) is 1.26. The summed E-state index contributed by atoms with van der Waals surface area (Å²) in [4.78, 5) is 13.8. The smallest absolute Gasteiger partial charge is 0.339 e. The fourth-order valence-electron chi connectivity index (χ4n) is 1.03. The second-order valence-corrected chi connectivity index (χ2v) is 3.10. The van der Waals surface area contributed by atoms with Crippen molar-refractivity contribution in [2.24, 2.45) is 5.11 Å². The number of hydrogen-bond acceptors (Lipinski definition) is 3. The Morgan fingerprint density at radius 3 is 2.94 bits per heavy atom. The molecule has 0 spiro atoms. The van der Waals surface area contributed by atoms with Crippen LogP contribution in [0.4, 0.5) is 10.1 Å². The Morgan fingerprint density at radius 1 is 1.69 bits per heavy atom. The van der Waals surface area contributed by atoms with Gasteiger partial charge in [-0.1, -0.05) is 16.7 Å². The van der Waals surface area contributed by atoms with Crippen LogP contribution in [0.5, 0.6) is 0 Å². The van der Waals surface area contributed by atoms with Crippen LogP contribution in [-0.4, -0.2) is 12.6 Å². The van der Waals surface area contributed by atoms with E-state index in [1.165, 1.54) is 0 Å². The van der Waals surface area contributed by atoms with Gasteiger partial charge in [-0.25, -0.2) is 9.18 Å². The van der Waals surface area contributed by atoms with Gasteiger partial charge in [-0.3, -0.25) is 0 Å². The maximum absolute atomic E-state index is 13.2. The molecular formula is C9H7ClFN3O2. The molecule has 0 N–H and O–H groups in total. The van der Waals surface area contributed by atoms with Crippen LogP contribution >= 0.6 is 11.6 Å². The third-order valence-electron chi connectivity index (χ3n) is 1.68. The first kappa shape index (κ1) is 12.3. The molecule has 0 saturated heterocycles. The summed E-state index contributed by atoms with van der Waals surface area (Å²) in [6.45, 7) is 1.80. The van der Waals surface area contributed by atoms with Crippen molar-refractivity contribution in [3.8, 4) is 0 Å². The number of carbonyl (C=O) groups is 1. The van der Waals surface area contributed by atoms with Gasteiger partial charge in [0.15, 0.2) is 0 Å². The van der Waals surface area contributed by atoms with Crippen molar-refractivity contribution in [2.45, 2.75) is 6.92 Å². The van der Waals surface area contributed by atoms with Crippen LogP contribution in [0.2, 0.25) is 5.02 Å². The molecular weight excluding hydrogens is 237 g/mol. The standard InChI is InChI=1S/C9H7ClFN3O2/c1-2-16-9(15)5-3-8(13-14-12)7(11)4-6(5)10/h3-4H,2H2,1H3. The van der Waals surface area contributed by atoms with Crippen molar-refractivity contribution in [2.75, 3.05) is 6.61 Å². The van der Waals surface area contributed by atoms with E-state index in [0.717, 1.165) is 12.1 Å². The lowest BCUT2D eigenvalue weighted by atomic mass is 10.2. The second kappa shape index (κ2) is 5.34. The molecule has 0 aliphatic rings. The average Bonchev–Trinajstić information content (AvgIpc) is 2.22. The summed E-state index contributed by atoms with van der Waals surface area (Å²) in [5.74, 6) is -1.49. The van der Waals surface area contributed by atoms with Gasteiger partial charge >= 0.3 is 5.97 Å². The molecule has 0 aliphatic carbocycles. The summed E-state index contributed by atoms with van der Waals surface area (Å²) in [5.41, 5.74) is 7.86. The molecule has 0 saturated carbocycles. The lowest BCUT2D eigenvalue weighted by molar-refractivity contribution is 0.0526. The minimum atomic E-state index is -0.796. The Hall–Kier alpha value is -1.78. The Kier molecular flexibility index (Phi) is 4.10. The first-order chi connectivity index (χ1) is 7.60. The highest BCUT2D eigenvalue weighted by atomic mass is 35.5. The molecule has 1 aromatic carbocycles. The van der Waals surface area contributed by atoms with E-state index in [2.05, 4.69) is 10.0 Å². The van der Waals surface area contributed by atoms with Crippen molar-refractivity contribution in [3.63, 3.8) is 0 Å². The Labute approximate surface area is 95.4 Å². The zero-order valence-electron chi connectivity index (χ0n) is 8.28. The van der Waals surface area contributed by atoms with E-state index in [9.17, 15) is 9.18 Å². The highest BCUT2D eigenvalue weighted by Crippen LogP contribution is 2.26. The van der Waals surface area contributed by atoms with Crippen LogP contribution in [0.3, 0.4) is 0 Å². The third-order valence-corrected chi connectivity index (χ3v) is 2.00. The van der Waals surface area contributed by atoms with Gasteiger partial charge < -0.3 is 4.74 Å². The topological polar surface area (TPSA) is 75.1 Å². The summed E-state index contributed by atoms with van der Waals surface area (Å²) < 4.78 is 17.9. The van der Waals surface area contributed by atoms with E-state index in [1.54, 1.807) is 6.92 Å². The number of nitrogens with zero attached hydrogens (tertiary/aromatic N) is 3. The van der Waals surface area contributed by atoms with E-state index in [-0.39, 0.29) is 22.9 Å². The van der Waals surface area contributed by atoms with Gasteiger partial charge in [-0.05, 0) is 24.6 Å². The van der Waals surface area contributed by atoms with Gasteiger partial charge in [0, 0.05) is 4.91 Å². The zero-order valence-corrected chi connectivity index (χ0v) is 9.03. The molecule has 0 aromatic heterocycles. The molecule has 7 heteroatoms. The number of rotatable bonds is 3. The van der Waals surface area contributed by atoms with E-state index >= 15 is 0 Å². The van der Waals surface area contributed by atoms with Gasteiger partial charge in [0.25, 0.3) is 0 Å². The predicted octanol–water partition coefficient (Wildman–Crippen LogP) is 3.60. The average molecular weight is 244 g/mol. The zero-order chi connectivity index (χ0) is 12.1. The molecule has 0 amide bonds. The summed E-state index contributed by atoms with van der Waals surface area (Å²) >= 11 is 5.66. The second-order valence-electron chi connectivity index (χ2n) is 2.69. The largest absolute Gasteiger partial charge is 0.462 e. The van der Waals surface area contributed by atoms with Crippen molar-refractivity contribution < 1.29 is 13.9 Å². The summed E-state index contributed by atoms with van der Waals surface area (Å²) in [7, 11) is 0. The quantitative estimate of drug-likeness (QED) is 0.352. The van der Waals surface area contributed by atoms with Crippen molar-refractivity contribution >= 4 is 23.3 Å². The fraction of sp³-hybridized carbons (Fsp3) is 0.222. The number of halogens is 2. The molecule has 0 heterocycles. The Bertz CT molecular complexity index is 472. The Morgan fingerprint density at radius 2 is 2.38 bits per heavy atom. The molecule has 16 heavy (non-hydrogen) atoms. The number of azide groups is 1. The van der Waals surface area contributed by atoms with Crippen LogP contribution in [0, 0.1) is 5.82 Å². The van der Waals surface area contributed by atoms with Gasteiger partial charge in [0.2, 0.25) is 0 Å². The number of carbonyl (C=O) groups excluding carboxylic acids is 1. The van der Waals surface area contributed by atoms with E-state index in [4.69, 9.17) is 21.9 Å².